The van der Waals surface area contributed by atoms with Crippen molar-refractivity contribution >= 4 is 0 Å². The van der Waals surface area contributed by atoms with Crippen molar-refractivity contribution in [2.45, 2.75) is 46.0 Å². The second-order valence-corrected chi connectivity index (χ2v) is 6.72. The van der Waals surface area contributed by atoms with Gasteiger partial charge in [0.25, 0.3) is 0 Å². The Balaban J connectivity index is 2.29. The van der Waals surface area contributed by atoms with E-state index in [-0.39, 0.29) is 5.41 Å². The van der Waals surface area contributed by atoms with Crippen LogP contribution in [0.1, 0.15) is 44.2 Å². The molecule has 0 saturated heterocycles. The number of fused-ring (bicyclic) bond motifs is 1. The maximum absolute atomic E-state index is 5.97. The van der Waals surface area contributed by atoms with Crippen LogP contribution in [0.15, 0.2) is 72.4 Å². The summed E-state index contributed by atoms with van der Waals surface area (Å²) in [6.45, 7) is 12.2. The highest BCUT2D eigenvalue weighted by Crippen LogP contribution is 2.40. The summed E-state index contributed by atoms with van der Waals surface area (Å²) in [5.74, 6) is 3.12. The van der Waals surface area contributed by atoms with Gasteiger partial charge in [0, 0.05) is 5.41 Å². The first kappa shape index (κ1) is 18.1. The predicted molar refractivity (Wildman–Crippen MR) is 106 cm³/mol. The molecule has 0 fully saturated rings. The summed E-state index contributed by atoms with van der Waals surface area (Å²) in [6, 6.07) is 8.64. The van der Waals surface area contributed by atoms with Gasteiger partial charge in [-0.05, 0) is 60.5 Å². The number of hydrogen-bond acceptors (Lipinski definition) is 0. The molecule has 0 saturated carbocycles. The molecule has 0 unspecified atom stereocenters. The van der Waals surface area contributed by atoms with Gasteiger partial charge in [-0.15, -0.1) is 6.42 Å². The molecule has 0 radical (unpaired) electrons. The Kier molecular flexibility index (Phi) is 6.04. The fraction of sp³-hybridized carbons (Fsp3) is 0.333. The molecule has 1 aromatic carbocycles. The van der Waals surface area contributed by atoms with Crippen LogP contribution in [-0.2, 0) is 12.8 Å². The van der Waals surface area contributed by atoms with Crippen molar-refractivity contribution in [1.82, 2.24) is 0 Å². The molecule has 1 aliphatic rings. The number of hydrogen-bond donors (Lipinski definition) is 0. The molecule has 0 amide bonds. The summed E-state index contributed by atoms with van der Waals surface area (Å²) < 4.78 is 0. The summed E-state index contributed by atoms with van der Waals surface area (Å²) in [6.07, 6.45) is 17.2. The number of terminal acetylenes is 1. The molecule has 24 heavy (non-hydrogen) atoms. The number of allylic oxidation sites excluding steroid dienone is 6. The van der Waals surface area contributed by atoms with Gasteiger partial charge < -0.3 is 0 Å². The fourth-order valence-electron chi connectivity index (χ4n) is 3.60. The van der Waals surface area contributed by atoms with Crippen LogP contribution in [0, 0.1) is 17.8 Å². The average Bonchev–Trinajstić information content (AvgIpc) is 2.98. The SMILES string of the molecule is C#CC1(C/C=C(\CCC)C(C)=C(C=C)C=C)Cc2ccccc2C1. The molecule has 2 rings (SSSR count). The van der Waals surface area contributed by atoms with Crippen molar-refractivity contribution in [1.29, 1.82) is 0 Å². The molecule has 0 bridgehead atoms. The van der Waals surface area contributed by atoms with E-state index in [4.69, 9.17) is 6.42 Å². The van der Waals surface area contributed by atoms with Gasteiger partial charge in [-0.2, -0.15) is 0 Å². The average molecular weight is 316 g/mol. The van der Waals surface area contributed by atoms with E-state index in [9.17, 15) is 0 Å². The largest absolute Gasteiger partial charge is 0.119 e. The van der Waals surface area contributed by atoms with Crippen molar-refractivity contribution in [3.63, 3.8) is 0 Å². The first-order chi connectivity index (χ1) is 11.6. The highest BCUT2D eigenvalue weighted by atomic mass is 14.4. The summed E-state index contributed by atoms with van der Waals surface area (Å²) in [4.78, 5) is 0. The van der Waals surface area contributed by atoms with Crippen LogP contribution >= 0.6 is 0 Å². The zero-order chi connectivity index (χ0) is 17.6. The van der Waals surface area contributed by atoms with Crippen LogP contribution in [0.2, 0.25) is 0 Å². The Bertz CT molecular complexity index is 684. The highest BCUT2D eigenvalue weighted by molar-refractivity contribution is 5.44. The second kappa shape index (κ2) is 8.02. The van der Waals surface area contributed by atoms with Gasteiger partial charge in [0.2, 0.25) is 0 Å². The molecule has 0 heteroatoms. The summed E-state index contributed by atoms with van der Waals surface area (Å²) in [7, 11) is 0. The van der Waals surface area contributed by atoms with Gasteiger partial charge in [-0.25, -0.2) is 0 Å². The lowest BCUT2D eigenvalue weighted by atomic mass is 9.81. The molecule has 0 atom stereocenters. The normalized spacial score (nSPS) is 15.3. The first-order valence-corrected chi connectivity index (χ1v) is 8.79. The molecule has 0 aliphatic heterocycles. The molecule has 1 aromatic rings. The van der Waals surface area contributed by atoms with E-state index in [2.05, 4.69) is 63.3 Å². The van der Waals surface area contributed by atoms with Gasteiger partial charge in [0.05, 0.1) is 0 Å². The van der Waals surface area contributed by atoms with Gasteiger partial charge in [0.15, 0.2) is 0 Å². The van der Waals surface area contributed by atoms with E-state index in [0.29, 0.717) is 0 Å². The molecular formula is C24H28. The topological polar surface area (TPSA) is 0 Å². The Morgan fingerprint density at radius 2 is 1.79 bits per heavy atom. The van der Waals surface area contributed by atoms with E-state index in [1.54, 1.807) is 0 Å². The molecule has 0 aromatic heterocycles. The van der Waals surface area contributed by atoms with E-state index in [0.717, 1.165) is 37.7 Å². The molecule has 0 heterocycles. The van der Waals surface area contributed by atoms with Crippen LogP contribution in [0.4, 0.5) is 0 Å². The standard InChI is InChI=1S/C24H28/c1-6-12-21(19(5)20(7-2)8-3)15-16-24(9-4)17-22-13-10-11-14-23(22)18-24/h4,7-8,10-11,13-15H,2-3,6,12,16-18H2,1,5H3/b21-15+. The summed E-state index contributed by atoms with van der Waals surface area (Å²) in [5.41, 5.74) is 6.49. The van der Waals surface area contributed by atoms with Crippen LogP contribution < -0.4 is 0 Å². The lowest BCUT2D eigenvalue weighted by Crippen LogP contribution is -2.18. The van der Waals surface area contributed by atoms with Gasteiger partial charge >= 0.3 is 0 Å². The first-order valence-electron chi connectivity index (χ1n) is 8.79. The lowest BCUT2D eigenvalue weighted by molar-refractivity contribution is 0.433. The zero-order valence-electron chi connectivity index (χ0n) is 15.1. The Morgan fingerprint density at radius 3 is 2.25 bits per heavy atom. The molecule has 0 N–H and O–H groups in total. The van der Waals surface area contributed by atoms with Crippen LogP contribution in [-0.4, -0.2) is 0 Å². The summed E-state index contributed by atoms with van der Waals surface area (Å²) >= 11 is 0. The highest BCUT2D eigenvalue weighted by Gasteiger charge is 2.34. The minimum Gasteiger partial charge on any atom is -0.119 e. The smallest absolute Gasteiger partial charge is 0.0427 e. The molecule has 124 valence electrons. The van der Waals surface area contributed by atoms with Crippen LogP contribution in [0.5, 0.6) is 0 Å². The third-order valence-electron chi connectivity index (χ3n) is 5.10. The monoisotopic (exact) mass is 316 g/mol. The zero-order valence-corrected chi connectivity index (χ0v) is 15.1. The minimum absolute atomic E-state index is 0.0779. The Morgan fingerprint density at radius 1 is 1.21 bits per heavy atom. The summed E-state index contributed by atoms with van der Waals surface area (Å²) in [5, 5.41) is 0. The minimum atomic E-state index is -0.0779. The van der Waals surface area contributed by atoms with Crippen molar-refractivity contribution in [2.24, 2.45) is 5.41 Å². The van der Waals surface area contributed by atoms with Crippen molar-refractivity contribution in [3.8, 4) is 12.3 Å². The van der Waals surface area contributed by atoms with Crippen molar-refractivity contribution in [3.05, 3.63) is 83.5 Å². The van der Waals surface area contributed by atoms with E-state index < -0.39 is 0 Å². The quantitative estimate of drug-likeness (QED) is 0.414. The van der Waals surface area contributed by atoms with Crippen LogP contribution in [0.25, 0.3) is 0 Å². The lowest BCUT2D eigenvalue weighted by Gasteiger charge is -2.22. The fourth-order valence-corrected chi connectivity index (χ4v) is 3.60. The molecule has 0 nitrogen and oxygen atoms in total. The van der Waals surface area contributed by atoms with E-state index in [1.165, 1.54) is 22.3 Å². The Labute approximate surface area is 147 Å². The molecular weight excluding hydrogens is 288 g/mol. The van der Waals surface area contributed by atoms with Gasteiger partial charge in [0.1, 0.15) is 0 Å². The third kappa shape index (κ3) is 3.80. The predicted octanol–water partition coefficient (Wildman–Crippen LogP) is 6.21. The van der Waals surface area contributed by atoms with E-state index >= 15 is 0 Å². The second-order valence-electron chi connectivity index (χ2n) is 6.72. The van der Waals surface area contributed by atoms with E-state index in [1.807, 2.05) is 12.2 Å². The third-order valence-corrected chi connectivity index (χ3v) is 5.10. The van der Waals surface area contributed by atoms with Gasteiger partial charge in [-0.3, -0.25) is 0 Å². The van der Waals surface area contributed by atoms with Gasteiger partial charge in [-0.1, -0.05) is 74.9 Å². The maximum Gasteiger partial charge on any atom is 0.0427 e. The number of benzene rings is 1. The number of rotatable bonds is 7. The molecule has 1 aliphatic carbocycles. The van der Waals surface area contributed by atoms with Crippen LogP contribution in [0.3, 0.4) is 0 Å². The van der Waals surface area contributed by atoms with Crippen molar-refractivity contribution < 1.29 is 0 Å². The van der Waals surface area contributed by atoms with Crippen molar-refractivity contribution in [2.75, 3.05) is 0 Å². The Hall–Kier alpha value is -2.26. The molecule has 0 spiro atoms. The maximum atomic E-state index is 5.97.